The molecule has 0 aliphatic heterocycles. The van der Waals surface area contributed by atoms with Gasteiger partial charge in [0.2, 0.25) is 0 Å². The second-order valence-corrected chi connectivity index (χ2v) is 5.79. The van der Waals surface area contributed by atoms with Gasteiger partial charge in [-0.2, -0.15) is 0 Å². The normalized spacial score (nSPS) is 30.9. The molecule has 0 atom stereocenters. The maximum atomic E-state index is 3.58. The topological polar surface area (TPSA) is 15.3 Å². The first kappa shape index (κ1) is 14.0. The molecule has 2 heteroatoms. The highest BCUT2D eigenvalue weighted by molar-refractivity contribution is 4.88. The Hall–Kier alpha value is -0.0800. The molecule has 16 heavy (non-hydrogen) atoms. The minimum atomic E-state index is 0.549. The van der Waals surface area contributed by atoms with Crippen LogP contribution in [-0.2, 0) is 0 Å². The lowest BCUT2D eigenvalue weighted by Gasteiger charge is -2.42. The third-order valence-corrected chi connectivity index (χ3v) is 4.23. The largest absolute Gasteiger partial charge is 0.316 e. The molecule has 1 aliphatic rings. The van der Waals surface area contributed by atoms with Crippen LogP contribution in [0, 0.1) is 11.3 Å². The second-order valence-electron chi connectivity index (χ2n) is 5.79. The molecule has 0 aromatic rings. The highest BCUT2D eigenvalue weighted by atomic mass is 15.1. The van der Waals surface area contributed by atoms with Crippen molar-refractivity contribution in [3.05, 3.63) is 0 Å². The van der Waals surface area contributed by atoms with Gasteiger partial charge in [-0.1, -0.05) is 33.6 Å². The Balaban J connectivity index is 2.53. The molecular formula is C14H30N2. The van der Waals surface area contributed by atoms with Gasteiger partial charge in [-0.3, -0.25) is 0 Å². The second kappa shape index (κ2) is 6.61. The molecule has 0 heterocycles. The smallest absolute Gasteiger partial charge is 0.00470 e. The summed E-state index contributed by atoms with van der Waals surface area (Å²) in [4.78, 5) is 2.48. The van der Waals surface area contributed by atoms with E-state index in [1.165, 1.54) is 45.3 Å². The summed E-state index contributed by atoms with van der Waals surface area (Å²) in [5.74, 6) is 0.946. The first-order chi connectivity index (χ1) is 7.62. The average Bonchev–Trinajstić information content (AvgIpc) is 2.30. The molecule has 1 fully saturated rings. The Morgan fingerprint density at radius 1 is 1.25 bits per heavy atom. The van der Waals surface area contributed by atoms with Crippen LogP contribution in [0.1, 0.15) is 46.5 Å². The van der Waals surface area contributed by atoms with E-state index in [0.717, 1.165) is 12.5 Å². The van der Waals surface area contributed by atoms with Crippen molar-refractivity contribution in [2.75, 3.05) is 33.2 Å². The van der Waals surface area contributed by atoms with Gasteiger partial charge in [0, 0.05) is 13.1 Å². The molecule has 0 amide bonds. The van der Waals surface area contributed by atoms with Crippen LogP contribution in [0.25, 0.3) is 0 Å². The Bertz CT molecular complexity index is 178. The van der Waals surface area contributed by atoms with Gasteiger partial charge in [-0.05, 0) is 44.3 Å². The SMILES string of the molecule is CCNCC1(CN(C)CC)CCC(C)CC1. The van der Waals surface area contributed by atoms with Crippen LogP contribution >= 0.6 is 0 Å². The third kappa shape index (κ3) is 4.06. The number of nitrogens with one attached hydrogen (secondary N) is 1. The number of nitrogens with zero attached hydrogens (tertiary/aromatic N) is 1. The molecule has 1 aliphatic carbocycles. The fraction of sp³-hybridized carbons (Fsp3) is 1.00. The summed E-state index contributed by atoms with van der Waals surface area (Å²) < 4.78 is 0. The van der Waals surface area contributed by atoms with Gasteiger partial charge >= 0.3 is 0 Å². The van der Waals surface area contributed by atoms with Crippen molar-refractivity contribution in [2.45, 2.75) is 46.5 Å². The summed E-state index contributed by atoms with van der Waals surface area (Å²) in [5.41, 5.74) is 0.549. The molecule has 2 nitrogen and oxygen atoms in total. The molecular weight excluding hydrogens is 196 g/mol. The fourth-order valence-electron chi connectivity index (χ4n) is 2.84. The van der Waals surface area contributed by atoms with Gasteiger partial charge in [0.05, 0.1) is 0 Å². The predicted molar refractivity (Wildman–Crippen MR) is 71.8 cm³/mol. The van der Waals surface area contributed by atoms with Gasteiger partial charge in [-0.25, -0.2) is 0 Å². The summed E-state index contributed by atoms with van der Waals surface area (Å²) >= 11 is 0. The molecule has 0 aromatic carbocycles. The van der Waals surface area contributed by atoms with E-state index in [4.69, 9.17) is 0 Å². The Morgan fingerprint density at radius 2 is 1.88 bits per heavy atom. The lowest BCUT2D eigenvalue weighted by atomic mass is 9.70. The van der Waals surface area contributed by atoms with Crippen LogP contribution in [-0.4, -0.2) is 38.1 Å². The summed E-state index contributed by atoms with van der Waals surface area (Å²) in [5, 5.41) is 3.58. The quantitative estimate of drug-likeness (QED) is 0.749. The molecule has 1 saturated carbocycles. The van der Waals surface area contributed by atoms with Gasteiger partial charge in [0.25, 0.3) is 0 Å². The maximum Gasteiger partial charge on any atom is 0.00470 e. The molecule has 1 rings (SSSR count). The Morgan fingerprint density at radius 3 is 2.38 bits per heavy atom. The first-order valence-corrected chi connectivity index (χ1v) is 7.01. The van der Waals surface area contributed by atoms with Crippen LogP contribution in [0.5, 0.6) is 0 Å². The zero-order chi connectivity index (χ0) is 12.0. The minimum absolute atomic E-state index is 0.549. The Kier molecular flexibility index (Phi) is 5.77. The summed E-state index contributed by atoms with van der Waals surface area (Å²) in [6.07, 6.45) is 5.66. The number of hydrogen-bond donors (Lipinski definition) is 1. The van der Waals surface area contributed by atoms with E-state index in [1.807, 2.05) is 0 Å². The van der Waals surface area contributed by atoms with Crippen molar-refractivity contribution in [2.24, 2.45) is 11.3 Å². The summed E-state index contributed by atoms with van der Waals surface area (Å²) in [7, 11) is 2.26. The molecule has 0 spiro atoms. The molecule has 0 unspecified atom stereocenters. The van der Waals surface area contributed by atoms with Gasteiger partial charge in [0.15, 0.2) is 0 Å². The fourth-order valence-corrected chi connectivity index (χ4v) is 2.84. The van der Waals surface area contributed by atoms with E-state index in [0.29, 0.717) is 5.41 Å². The van der Waals surface area contributed by atoms with Crippen LogP contribution in [0.3, 0.4) is 0 Å². The zero-order valence-corrected chi connectivity index (χ0v) is 11.7. The van der Waals surface area contributed by atoms with Gasteiger partial charge in [0.1, 0.15) is 0 Å². The van der Waals surface area contributed by atoms with E-state index < -0.39 is 0 Å². The van der Waals surface area contributed by atoms with E-state index in [2.05, 4.69) is 38.0 Å². The van der Waals surface area contributed by atoms with E-state index >= 15 is 0 Å². The molecule has 0 saturated heterocycles. The maximum absolute atomic E-state index is 3.58. The van der Waals surface area contributed by atoms with E-state index in [-0.39, 0.29) is 0 Å². The lowest BCUT2D eigenvalue weighted by molar-refractivity contribution is 0.102. The van der Waals surface area contributed by atoms with Crippen LogP contribution in [0.4, 0.5) is 0 Å². The van der Waals surface area contributed by atoms with Crippen molar-refractivity contribution in [3.63, 3.8) is 0 Å². The minimum Gasteiger partial charge on any atom is -0.316 e. The number of rotatable bonds is 6. The van der Waals surface area contributed by atoms with Gasteiger partial charge < -0.3 is 10.2 Å². The van der Waals surface area contributed by atoms with Crippen LogP contribution in [0.15, 0.2) is 0 Å². The standard InChI is InChI=1S/C14H30N2/c1-5-15-11-14(12-16(4)6-2)9-7-13(3)8-10-14/h13,15H,5-12H2,1-4H3. The monoisotopic (exact) mass is 226 g/mol. The average molecular weight is 226 g/mol. The predicted octanol–water partition coefficient (Wildman–Crippen LogP) is 2.74. The zero-order valence-electron chi connectivity index (χ0n) is 11.7. The van der Waals surface area contributed by atoms with Crippen LogP contribution < -0.4 is 5.32 Å². The van der Waals surface area contributed by atoms with Crippen molar-refractivity contribution in [3.8, 4) is 0 Å². The molecule has 0 bridgehead atoms. The van der Waals surface area contributed by atoms with E-state index in [9.17, 15) is 0 Å². The lowest BCUT2D eigenvalue weighted by Crippen LogP contribution is -2.45. The third-order valence-electron chi connectivity index (χ3n) is 4.23. The first-order valence-electron chi connectivity index (χ1n) is 7.01. The highest BCUT2D eigenvalue weighted by Gasteiger charge is 2.34. The number of hydrogen-bond acceptors (Lipinski definition) is 2. The van der Waals surface area contributed by atoms with Crippen molar-refractivity contribution in [1.82, 2.24) is 10.2 Å². The Labute approximate surface area is 102 Å². The molecule has 0 radical (unpaired) electrons. The molecule has 0 aromatic heterocycles. The highest BCUT2D eigenvalue weighted by Crippen LogP contribution is 2.38. The van der Waals surface area contributed by atoms with Crippen molar-refractivity contribution < 1.29 is 0 Å². The summed E-state index contributed by atoms with van der Waals surface area (Å²) in [6.45, 7) is 11.6. The van der Waals surface area contributed by atoms with Crippen LogP contribution in [0.2, 0.25) is 0 Å². The van der Waals surface area contributed by atoms with Gasteiger partial charge in [-0.15, -0.1) is 0 Å². The molecule has 96 valence electrons. The summed E-state index contributed by atoms with van der Waals surface area (Å²) in [6, 6.07) is 0. The molecule has 1 N–H and O–H groups in total. The van der Waals surface area contributed by atoms with E-state index in [1.54, 1.807) is 0 Å². The van der Waals surface area contributed by atoms with Crippen molar-refractivity contribution in [1.29, 1.82) is 0 Å². The van der Waals surface area contributed by atoms with Crippen molar-refractivity contribution >= 4 is 0 Å².